The smallest absolute Gasteiger partial charge is 0.491 e. The van der Waals surface area contributed by atoms with E-state index < -0.39 is 18.3 Å². The Morgan fingerprint density at radius 3 is 2.42 bits per heavy atom. The highest BCUT2D eigenvalue weighted by atomic mass is 32.2. The van der Waals surface area contributed by atoms with Crippen LogP contribution in [0.4, 0.5) is 0 Å². The maximum Gasteiger partial charge on any atom is 0.491 e. The molecule has 1 aromatic heterocycles. The number of hydrogen-bond donors (Lipinski definition) is 1. The van der Waals surface area contributed by atoms with E-state index >= 15 is 0 Å². The predicted molar refractivity (Wildman–Crippen MR) is 97.8 cm³/mol. The lowest BCUT2D eigenvalue weighted by molar-refractivity contribution is -0.109. The quantitative estimate of drug-likeness (QED) is 0.841. The van der Waals surface area contributed by atoms with E-state index in [1.165, 1.54) is 18.7 Å². The van der Waals surface area contributed by atoms with E-state index in [4.69, 9.17) is 9.31 Å². The Labute approximate surface area is 148 Å². The fourth-order valence-electron chi connectivity index (χ4n) is 2.21. The van der Waals surface area contributed by atoms with E-state index in [1.54, 1.807) is 18.2 Å². The topological polar surface area (TPSA) is 68.7 Å². The summed E-state index contributed by atoms with van der Waals surface area (Å²) in [6.07, 6.45) is 1.75. The van der Waals surface area contributed by atoms with E-state index in [-0.39, 0.29) is 10.9 Å². The Morgan fingerprint density at radius 2 is 1.88 bits per heavy atom. The third-order valence-corrected chi connectivity index (χ3v) is 5.25. The van der Waals surface area contributed by atoms with Gasteiger partial charge in [-0.15, -0.1) is 0 Å². The number of pyridine rings is 1. The number of aromatic nitrogens is 1. The molecule has 0 aliphatic carbocycles. The predicted octanol–water partition coefficient (Wildman–Crippen LogP) is 3.39. The van der Waals surface area contributed by atoms with Crippen molar-refractivity contribution in [3.63, 3.8) is 0 Å². The maximum atomic E-state index is 11.4. The van der Waals surface area contributed by atoms with Crippen molar-refractivity contribution in [2.75, 3.05) is 5.75 Å². The van der Waals surface area contributed by atoms with Crippen molar-refractivity contribution >= 4 is 30.1 Å². The van der Waals surface area contributed by atoms with E-state index in [9.17, 15) is 9.90 Å². The lowest BCUT2D eigenvalue weighted by Crippen LogP contribution is -2.41. The van der Waals surface area contributed by atoms with Gasteiger partial charge in [-0.25, -0.2) is 4.98 Å². The van der Waals surface area contributed by atoms with Gasteiger partial charge in [-0.05, 0) is 58.3 Å². The van der Waals surface area contributed by atoms with E-state index in [0.29, 0.717) is 11.4 Å². The van der Waals surface area contributed by atoms with Gasteiger partial charge in [0.25, 0.3) is 0 Å². The molecule has 2 rings (SSSR count). The minimum absolute atomic E-state index is 0.0128. The molecule has 0 amide bonds. The third-order valence-electron chi connectivity index (χ3n) is 4.36. The molecule has 1 saturated heterocycles. The van der Waals surface area contributed by atoms with Crippen LogP contribution in [0.15, 0.2) is 17.6 Å². The summed E-state index contributed by atoms with van der Waals surface area (Å²) in [6.45, 7) is 11.3. The SMILES string of the molecule is CC(=O)SCC(=Cc1nc(C)ccc1O)B1OC(C)(C)C(C)(C)O1. The van der Waals surface area contributed by atoms with Gasteiger partial charge < -0.3 is 14.4 Å². The molecule has 0 aromatic carbocycles. The second-order valence-corrected chi connectivity index (χ2v) is 8.10. The van der Waals surface area contributed by atoms with Gasteiger partial charge in [0.1, 0.15) is 11.4 Å². The molecule has 0 saturated carbocycles. The van der Waals surface area contributed by atoms with Crippen LogP contribution in [0.25, 0.3) is 6.08 Å². The second kappa shape index (κ2) is 6.90. The van der Waals surface area contributed by atoms with Crippen molar-refractivity contribution in [2.45, 2.75) is 52.7 Å². The first-order chi connectivity index (χ1) is 11.0. The minimum Gasteiger partial charge on any atom is -0.506 e. The summed E-state index contributed by atoms with van der Waals surface area (Å²) >= 11 is 1.18. The fourth-order valence-corrected chi connectivity index (χ4v) is 2.80. The van der Waals surface area contributed by atoms with Gasteiger partial charge in [0.05, 0.1) is 11.2 Å². The van der Waals surface area contributed by atoms with Crippen LogP contribution in [0.1, 0.15) is 46.0 Å². The largest absolute Gasteiger partial charge is 0.506 e. The Morgan fingerprint density at radius 1 is 1.29 bits per heavy atom. The number of carbonyl (C=O) groups is 1. The van der Waals surface area contributed by atoms with Crippen molar-refractivity contribution in [1.29, 1.82) is 0 Å². The monoisotopic (exact) mass is 349 g/mol. The molecular weight excluding hydrogens is 325 g/mol. The average Bonchev–Trinajstić information content (AvgIpc) is 2.66. The van der Waals surface area contributed by atoms with E-state index in [1.807, 2.05) is 34.6 Å². The summed E-state index contributed by atoms with van der Waals surface area (Å²) in [4.78, 5) is 15.7. The number of thioether (sulfide) groups is 1. The number of rotatable bonds is 4. The molecule has 1 N–H and O–H groups in total. The van der Waals surface area contributed by atoms with Gasteiger partial charge in [0, 0.05) is 18.4 Å². The average molecular weight is 349 g/mol. The van der Waals surface area contributed by atoms with Gasteiger partial charge in [-0.1, -0.05) is 11.8 Å². The first kappa shape index (κ1) is 19.0. The normalized spacial score (nSPS) is 19.6. The highest BCUT2D eigenvalue weighted by Crippen LogP contribution is 2.39. The molecule has 0 unspecified atom stereocenters. The molecule has 0 bridgehead atoms. The van der Waals surface area contributed by atoms with E-state index in [2.05, 4.69) is 4.98 Å². The number of nitrogens with zero attached hydrogens (tertiary/aromatic N) is 1. The van der Waals surface area contributed by atoms with Crippen LogP contribution in [0, 0.1) is 6.92 Å². The summed E-state index contributed by atoms with van der Waals surface area (Å²) in [5.74, 6) is 0.503. The summed E-state index contributed by atoms with van der Waals surface area (Å²) in [7, 11) is -0.580. The van der Waals surface area contributed by atoms with Gasteiger partial charge >= 0.3 is 7.12 Å². The second-order valence-electron chi connectivity index (χ2n) is 6.94. The molecule has 5 nitrogen and oxygen atoms in total. The Bertz CT molecular complexity index is 657. The molecular formula is C17H24BNO4S. The zero-order chi connectivity index (χ0) is 18.1. The van der Waals surface area contributed by atoms with Crippen molar-refractivity contribution in [3.8, 4) is 5.75 Å². The minimum atomic E-state index is -0.580. The molecule has 1 fully saturated rings. The molecule has 24 heavy (non-hydrogen) atoms. The van der Waals surface area contributed by atoms with Gasteiger partial charge in [0.2, 0.25) is 0 Å². The highest BCUT2D eigenvalue weighted by molar-refractivity contribution is 8.13. The Hall–Kier alpha value is -1.31. The number of carbonyl (C=O) groups excluding carboxylic acids is 1. The standard InChI is InChI=1S/C17H24BNO4S/c1-11-7-8-15(21)14(19-11)9-13(10-24-12(2)20)18-22-16(3,4)17(5,6)23-18/h7-9,21H,10H2,1-6H3. The van der Waals surface area contributed by atoms with Crippen LogP contribution in [0.3, 0.4) is 0 Å². The molecule has 1 aromatic rings. The van der Waals surface area contributed by atoms with Crippen LogP contribution in [-0.2, 0) is 14.1 Å². The zero-order valence-electron chi connectivity index (χ0n) is 15.0. The van der Waals surface area contributed by atoms with Crippen molar-refractivity contribution in [2.24, 2.45) is 0 Å². The summed E-state index contributed by atoms with van der Waals surface area (Å²) in [6, 6.07) is 3.35. The third kappa shape index (κ3) is 4.20. The molecule has 1 aliphatic rings. The number of hydrogen-bond acceptors (Lipinski definition) is 6. The molecule has 1 aliphatic heterocycles. The fraction of sp³-hybridized carbons (Fsp3) is 0.529. The molecule has 0 atom stereocenters. The lowest BCUT2D eigenvalue weighted by Gasteiger charge is -2.32. The van der Waals surface area contributed by atoms with Crippen LogP contribution in [0.2, 0.25) is 0 Å². The maximum absolute atomic E-state index is 11.4. The number of aromatic hydroxyl groups is 1. The molecule has 2 heterocycles. The van der Waals surface area contributed by atoms with Crippen molar-refractivity contribution in [3.05, 3.63) is 29.0 Å². The highest BCUT2D eigenvalue weighted by Gasteiger charge is 2.52. The van der Waals surface area contributed by atoms with Crippen molar-refractivity contribution in [1.82, 2.24) is 4.98 Å². The van der Waals surface area contributed by atoms with Crippen LogP contribution < -0.4 is 0 Å². The Kier molecular flexibility index (Phi) is 5.47. The number of aryl methyl sites for hydroxylation is 1. The van der Waals surface area contributed by atoms with Crippen LogP contribution >= 0.6 is 11.8 Å². The molecule has 130 valence electrons. The first-order valence-corrected chi connectivity index (χ1v) is 8.86. The van der Waals surface area contributed by atoms with Gasteiger partial charge in [-0.2, -0.15) is 0 Å². The van der Waals surface area contributed by atoms with Crippen LogP contribution in [-0.4, -0.2) is 39.3 Å². The summed E-state index contributed by atoms with van der Waals surface area (Å²) < 4.78 is 12.2. The lowest BCUT2D eigenvalue weighted by atomic mass is 9.78. The van der Waals surface area contributed by atoms with Crippen molar-refractivity contribution < 1.29 is 19.2 Å². The first-order valence-electron chi connectivity index (χ1n) is 7.88. The summed E-state index contributed by atoms with van der Waals surface area (Å²) in [5.41, 5.74) is 1.07. The molecule has 0 radical (unpaired) electrons. The van der Waals surface area contributed by atoms with Gasteiger partial charge in [-0.3, -0.25) is 4.79 Å². The Balaban J connectivity index is 2.37. The molecule has 7 heteroatoms. The molecule has 0 spiro atoms. The van der Waals surface area contributed by atoms with E-state index in [0.717, 1.165) is 11.2 Å². The summed E-state index contributed by atoms with van der Waals surface area (Å²) in [5, 5.41) is 10.1. The van der Waals surface area contributed by atoms with Crippen LogP contribution in [0.5, 0.6) is 5.75 Å². The zero-order valence-corrected chi connectivity index (χ0v) is 15.9. The van der Waals surface area contributed by atoms with Gasteiger partial charge in [0.15, 0.2) is 5.12 Å².